The molecule has 0 saturated carbocycles. The van der Waals surface area contributed by atoms with Crippen LogP contribution >= 0.6 is 0 Å². The zero-order chi connectivity index (χ0) is 21.0. The molecule has 0 radical (unpaired) electrons. The van der Waals surface area contributed by atoms with Gasteiger partial charge in [0.15, 0.2) is 0 Å². The standard InChI is InChI=1S/C23H24FNO4/c1-3-13-25-20(15-5-9-17(24)10-6-15)19(22(27)23(25)28)21(26)16-7-11-18(12-8-16)29-14-4-2/h5-12,20,26H,3-4,13-14H2,1-2H3/b21-19-. The second-order valence-electron chi connectivity index (χ2n) is 6.92. The number of amides is 1. The molecule has 1 amide bonds. The Morgan fingerprint density at radius 1 is 1.03 bits per heavy atom. The minimum absolute atomic E-state index is 0.0114. The first kappa shape index (κ1) is 20.6. The van der Waals surface area contributed by atoms with Gasteiger partial charge in [-0.15, -0.1) is 0 Å². The van der Waals surface area contributed by atoms with Crippen LogP contribution in [0.5, 0.6) is 5.75 Å². The molecule has 2 aromatic rings. The van der Waals surface area contributed by atoms with Crippen molar-refractivity contribution < 1.29 is 23.8 Å². The molecule has 2 aromatic carbocycles. The number of Topliss-reactive ketones (excluding diaryl/α,β-unsaturated/α-hetero) is 1. The van der Waals surface area contributed by atoms with Gasteiger partial charge in [-0.05, 0) is 54.8 Å². The van der Waals surface area contributed by atoms with Gasteiger partial charge >= 0.3 is 0 Å². The van der Waals surface area contributed by atoms with Crippen LogP contribution in [0, 0.1) is 5.82 Å². The van der Waals surface area contributed by atoms with Crippen molar-refractivity contribution in [2.24, 2.45) is 0 Å². The van der Waals surface area contributed by atoms with E-state index in [1.807, 2.05) is 13.8 Å². The second kappa shape index (κ2) is 8.90. The number of carbonyl (C=O) groups is 2. The quantitative estimate of drug-likeness (QED) is 0.426. The minimum Gasteiger partial charge on any atom is -0.507 e. The Labute approximate surface area is 169 Å². The number of nitrogens with zero attached hydrogens (tertiary/aromatic N) is 1. The summed E-state index contributed by atoms with van der Waals surface area (Å²) in [6, 6.07) is 11.6. The van der Waals surface area contributed by atoms with E-state index in [4.69, 9.17) is 4.74 Å². The van der Waals surface area contributed by atoms with Gasteiger partial charge in [-0.2, -0.15) is 0 Å². The average Bonchev–Trinajstić information content (AvgIpc) is 2.98. The molecule has 0 aliphatic carbocycles. The molecule has 0 spiro atoms. The third kappa shape index (κ3) is 4.16. The van der Waals surface area contributed by atoms with Gasteiger partial charge in [0, 0.05) is 12.1 Å². The van der Waals surface area contributed by atoms with Crippen molar-refractivity contribution in [1.29, 1.82) is 0 Å². The third-order valence-electron chi connectivity index (χ3n) is 4.79. The van der Waals surface area contributed by atoms with E-state index in [2.05, 4.69) is 0 Å². The Balaban J connectivity index is 2.06. The summed E-state index contributed by atoms with van der Waals surface area (Å²) >= 11 is 0. The highest BCUT2D eigenvalue weighted by Gasteiger charge is 2.45. The number of halogens is 1. The highest BCUT2D eigenvalue weighted by atomic mass is 19.1. The lowest BCUT2D eigenvalue weighted by Crippen LogP contribution is -2.30. The summed E-state index contributed by atoms with van der Waals surface area (Å²) < 4.78 is 18.9. The van der Waals surface area contributed by atoms with Gasteiger partial charge in [0.2, 0.25) is 0 Å². The fraction of sp³-hybridized carbons (Fsp3) is 0.304. The minimum atomic E-state index is -0.758. The maximum Gasteiger partial charge on any atom is 0.295 e. The first-order valence-corrected chi connectivity index (χ1v) is 9.75. The Bertz CT molecular complexity index is 919. The monoisotopic (exact) mass is 397 g/mol. The molecular weight excluding hydrogens is 373 g/mol. The molecule has 1 aliphatic rings. The molecule has 0 bridgehead atoms. The number of ketones is 1. The summed E-state index contributed by atoms with van der Waals surface area (Å²) in [4.78, 5) is 26.8. The summed E-state index contributed by atoms with van der Waals surface area (Å²) in [5.74, 6) is -1.41. The van der Waals surface area contributed by atoms with Crippen LogP contribution in [-0.4, -0.2) is 34.8 Å². The lowest BCUT2D eigenvalue weighted by atomic mass is 9.95. The van der Waals surface area contributed by atoms with E-state index in [9.17, 15) is 19.1 Å². The van der Waals surface area contributed by atoms with Gasteiger partial charge in [-0.3, -0.25) is 9.59 Å². The van der Waals surface area contributed by atoms with Crippen LogP contribution in [0.3, 0.4) is 0 Å². The fourth-order valence-corrected chi connectivity index (χ4v) is 3.43. The SMILES string of the molecule is CCCOc1ccc(/C(O)=C2/C(=O)C(=O)N(CCC)C2c2ccc(F)cc2)cc1. The Hall–Kier alpha value is -3.15. The molecule has 152 valence electrons. The molecule has 1 saturated heterocycles. The molecule has 1 heterocycles. The zero-order valence-electron chi connectivity index (χ0n) is 16.5. The first-order valence-electron chi connectivity index (χ1n) is 9.75. The van der Waals surface area contributed by atoms with E-state index >= 15 is 0 Å². The number of carbonyl (C=O) groups excluding carboxylic acids is 2. The van der Waals surface area contributed by atoms with Crippen LogP contribution in [-0.2, 0) is 9.59 Å². The summed E-state index contributed by atoms with van der Waals surface area (Å²) in [6.07, 6.45) is 1.52. The topological polar surface area (TPSA) is 66.8 Å². The number of hydrogen-bond acceptors (Lipinski definition) is 4. The predicted octanol–water partition coefficient (Wildman–Crippen LogP) is 4.45. The van der Waals surface area contributed by atoms with Crippen LogP contribution in [0.2, 0.25) is 0 Å². The predicted molar refractivity (Wildman–Crippen MR) is 108 cm³/mol. The van der Waals surface area contributed by atoms with Gasteiger partial charge in [-0.1, -0.05) is 26.0 Å². The molecule has 1 aliphatic heterocycles. The Morgan fingerprint density at radius 2 is 1.69 bits per heavy atom. The highest BCUT2D eigenvalue weighted by molar-refractivity contribution is 6.46. The third-order valence-corrected chi connectivity index (χ3v) is 4.79. The van der Waals surface area contributed by atoms with Gasteiger partial charge in [0.05, 0.1) is 18.2 Å². The molecule has 1 atom stereocenters. The van der Waals surface area contributed by atoms with Crippen LogP contribution in [0.15, 0.2) is 54.1 Å². The molecular formula is C23H24FNO4. The number of aliphatic hydroxyl groups is 1. The van der Waals surface area contributed by atoms with E-state index < -0.39 is 23.5 Å². The molecule has 1 N–H and O–H groups in total. The normalized spacial score (nSPS) is 18.3. The largest absolute Gasteiger partial charge is 0.507 e. The van der Waals surface area contributed by atoms with Gasteiger partial charge in [0.25, 0.3) is 11.7 Å². The zero-order valence-corrected chi connectivity index (χ0v) is 16.5. The Kier molecular flexibility index (Phi) is 6.32. The van der Waals surface area contributed by atoms with E-state index in [-0.39, 0.29) is 11.3 Å². The van der Waals surface area contributed by atoms with Crippen molar-refractivity contribution >= 4 is 17.4 Å². The first-order chi connectivity index (χ1) is 14.0. The summed E-state index contributed by atoms with van der Waals surface area (Å²) in [7, 11) is 0. The number of likely N-dealkylation sites (tertiary alicyclic amines) is 1. The molecule has 6 heteroatoms. The van der Waals surface area contributed by atoms with Crippen LogP contribution in [0.1, 0.15) is 43.9 Å². The number of ether oxygens (including phenoxy) is 1. The molecule has 1 fully saturated rings. The van der Waals surface area contributed by atoms with Crippen molar-refractivity contribution in [2.45, 2.75) is 32.7 Å². The number of benzene rings is 2. The molecule has 29 heavy (non-hydrogen) atoms. The molecule has 3 rings (SSSR count). The Morgan fingerprint density at radius 3 is 2.28 bits per heavy atom. The van der Waals surface area contributed by atoms with Crippen LogP contribution in [0.25, 0.3) is 5.76 Å². The lowest BCUT2D eigenvalue weighted by molar-refractivity contribution is -0.139. The summed E-state index contributed by atoms with van der Waals surface area (Å²) in [6.45, 7) is 4.84. The van der Waals surface area contributed by atoms with Crippen LogP contribution in [0.4, 0.5) is 4.39 Å². The van der Waals surface area contributed by atoms with Crippen LogP contribution < -0.4 is 4.74 Å². The maximum absolute atomic E-state index is 13.4. The van der Waals surface area contributed by atoms with E-state index in [0.717, 1.165) is 6.42 Å². The van der Waals surface area contributed by atoms with Crippen molar-refractivity contribution in [2.75, 3.05) is 13.2 Å². The molecule has 0 aromatic heterocycles. The maximum atomic E-state index is 13.4. The van der Waals surface area contributed by atoms with Crippen molar-refractivity contribution in [3.63, 3.8) is 0 Å². The molecule has 1 unspecified atom stereocenters. The van der Waals surface area contributed by atoms with E-state index in [1.165, 1.54) is 29.2 Å². The summed E-state index contributed by atoms with van der Waals surface area (Å²) in [5, 5.41) is 10.9. The van der Waals surface area contributed by atoms with Crippen molar-refractivity contribution in [3.05, 3.63) is 71.0 Å². The lowest BCUT2D eigenvalue weighted by Gasteiger charge is -2.24. The van der Waals surface area contributed by atoms with E-state index in [0.29, 0.717) is 36.4 Å². The number of rotatable bonds is 7. The van der Waals surface area contributed by atoms with E-state index in [1.54, 1.807) is 24.3 Å². The second-order valence-corrected chi connectivity index (χ2v) is 6.92. The average molecular weight is 397 g/mol. The van der Waals surface area contributed by atoms with Crippen molar-refractivity contribution in [3.8, 4) is 5.75 Å². The summed E-state index contributed by atoms with van der Waals surface area (Å²) in [5.41, 5.74) is 0.997. The van der Waals surface area contributed by atoms with Gasteiger partial charge < -0.3 is 14.7 Å². The fourth-order valence-electron chi connectivity index (χ4n) is 3.43. The smallest absolute Gasteiger partial charge is 0.295 e. The molecule has 5 nitrogen and oxygen atoms in total. The number of aliphatic hydroxyl groups excluding tert-OH is 1. The van der Waals surface area contributed by atoms with Crippen molar-refractivity contribution in [1.82, 2.24) is 4.90 Å². The highest BCUT2D eigenvalue weighted by Crippen LogP contribution is 2.39. The van der Waals surface area contributed by atoms with Gasteiger partial charge in [-0.25, -0.2) is 4.39 Å². The number of hydrogen-bond donors (Lipinski definition) is 1. The van der Waals surface area contributed by atoms with Gasteiger partial charge in [0.1, 0.15) is 17.3 Å².